The first-order valence-corrected chi connectivity index (χ1v) is 15.1. The first kappa shape index (κ1) is 24.6. The van der Waals surface area contributed by atoms with Crippen molar-refractivity contribution in [3.05, 3.63) is 101 Å². The zero-order chi connectivity index (χ0) is 27.2. The molecule has 40 heavy (non-hydrogen) atoms. The van der Waals surface area contributed by atoms with Crippen molar-refractivity contribution < 1.29 is 14.3 Å². The van der Waals surface area contributed by atoms with Crippen molar-refractivity contribution in [2.24, 2.45) is 23.2 Å². The largest absolute Gasteiger partial charge is 0.508 e. The number of piperidine rings is 2. The van der Waals surface area contributed by atoms with Crippen LogP contribution in [0.5, 0.6) is 5.75 Å². The van der Waals surface area contributed by atoms with E-state index in [4.69, 9.17) is 0 Å². The van der Waals surface area contributed by atoms with Crippen molar-refractivity contribution in [1.82, 2.24) is 9.80 Å². The van der Waals surface area contributed by atoms with E-state index in [9.17, 15) is 14.3 Å². The van der Waals surface area contributed by atoms with Crippen molar-refractivity contribution in [3.8, 4) is 5.75 Å². The lowest BCUT2D eigenvalue weighted by atomic mass is 9.20. The predicted molar refractivity (Wildman–Crippen MR) is 153 cm³/mol. The number of amides is 1. The summed E-state index contributed by atoms with van der Waals surface area (Å²) in [7, 11) is 0. The molecule has 7 atom stereocenters. The van der Waals surface area contributed by atoms with Gasteiger partial charge in [0.2, 0.25) is 0 Å². The molecule has 1 N–H and O–H groups in total. The summed E-state index contributed by atoms with van der Waals surface area (Å²) in [5, 5.41) is 10.7. The Hall–Kier alpha value is -3.18. The summed E-state index contributed by atoms with van der Waals surface area (Å²) >= 11 is 0. The topological polar surface area (TPSA) is 43.8 Å². The van der Waals surface area contributed by atoms with Crippen molar-refractivity contribution in [2.45, 2.75) is 56.5 Å². The van der Waals surface area contributed by atoms with Gasteiger partial charge in [0, 0.05) is 41.6 Å². The quantitative estimate of drug-likeness (QED) is 0.446. The fraction of sp³-hybridized carbons (Fsp3) is 0.457. The van der Waals surface area contributed by atoms with Crippen LogP contribution in [-0.4, -0.2) is 52.5 Å². The van der Waals surface area contributed by atoms with Crippen LogP contribution in [0.1, 0.15) is 53.2 Å². The van der Waals surface area contributed by atoms with Crippen molar-refractivity contribution in [2.75, 3.05) is 19.6 Å². The van der Waals surface area contributed by atoms with E-state index in [-0.39, 0.29) is 28.6 Å². The fourth-order valence-electron chi connectivity index (χ4n) is 10.6. The fourth-order valence-corrected chi connectivity index (χ4v) is 10.6. The highest BCUT2D eigenvalue weighted by atomic mass is 19.1. The molecule has 3 aromatic carbocycles. The minimum Gasteiger partial charge on any atom is -0.508 e. The Morgan fingerprint density at radius 3 is 2.62 bits per heavy atom. The second-order valence-corrected chi connectivity index (χ2v) is 13.1. The third-order valence-corrected chi connectivity index (χ3v) is 11.9. The molecule has 2 saturated carbocycles. The highest BCUT2D eigenvalue weighted by Crippen LogP contribution is 2.84. The number of hydrogen-bond acceptors (Lipinski definition) is 3. The molecule has 4 fully saturated rings. The molecule has 2 heterocycles. The maximum atomic E-state index is 13.9. The standard InChI is InChI=1S/C35H37FN2O2/c1-2-29-32-31-25(21-38(29)33(40)23-6-4-3-5-7-23)20-35(31)30-18-24-10-13-27(39)19-28(24)34(32,35)15-17-37(30)16-14-22-8-11-26(36)12-9-22/h3-13,19,25,29-32,39H,2,14-18,20-21H2,1H3/t25-,29?,30?,31?,32?,34?,35?/m1/s1. The minimum absolute atomic E-state index is 0.00778. The lowest BCUT2D eigenvalue weighted by molar-refractivity contribution is -0.349. The maximum Gasteiger partial charge on any atom is 0.254 e. The normalized spacial score (nSPS) is 35.0. The molecule has 2 bridgehead atoms. The number of rotatable bonds is 5. The summed E-state index contributed by atoms with van der Waals surface area (Å²) in [5.41, 5.74) is 4.95. The van der Waals surface area contributed by atoms with Crippen molar-refractivity contribution in [3.63, 3.8) is 0 Å². The van der Waals surface area contributed by atoms with Crippen LogP contribution in [0, 0.1) is 29.0 Å². The van der Waals surface area contributed by atoms with E-state index in [1.54, 1.807) is 12.1 Å². The number of phenols is 1. The van der Waals surface area contributed by atoms with Gasteiger partial charge < -0.3 is 10.0 Å². The molecule has 2 saturated heterocycles. The first-order valence-electron chi connectivity index (χ1n) is 15.1. The van der Waals surface area contributed by atoms with Gasteiger partial charge in [0.25, 0.3) is 5.91 Å². The summed E-state index contributed by atoms with van der Waals surface area (Å²) in [5.74, 6) is 1.97. The monoisotopic (exact) mass is 536 g/mol. The van der Waals surface area contributed by atoms with Crippen molar-refractivity contribution in [1.29, 1.82) is 0 Å². The van der Waals surface area contributed by atoms with Gasteiger partial charge in [-0.3, -0.25) is 9.69 Å². The number of carbonyl (C=O) groups excluding carboxylic acids is 1. The van der Waals surface area contributed by atoms with Gasteiger partial charge in [-0.05, 0) is 109 Å². The SMILES string of the molecule is CCC1C2C3[C@@H](CN1C(=O)c1ccccc1)CC31C3Cc4ccc(O)cc4C21CCN3CCc1ccc(F)cc1. The van der Waals surface area contributed by atoms with E-state index in [0.29, 0.717) is 29.5 Å². The molecule has 1 amide bonds. The molecule has 8 rings (SSSR count). The number of benzene rings is 3. The third-order valence-electron chi connectivity index (χ3n) is 11.9. The predicted octanol–water partition coefficient (Wildman–Crippen LogP) is 5.83. The summed E-state index contributed by atoms with van der Waals surface area (Å²) < 4.78 is 13.5. The number of nitrogens with zero attached hydrogens (tertiary/aromatic N) is 2. The van der Waals surface area contributed by atoms with Crippen molar-refractivity contribution >= 4 is 5.91 Å². The molecule has 6 unspecified atom stereocenters. The van der Waals surface area contributed by atoms with Gasteiger partial charge in [-0.1, -0.05) is 43.3 Å². The zero-order valence-electron chi connectivity index (χ0n) is 23.1. The Morgan fingerprint density at radius 2 is 1.85 bits per heavy atom. The maximum absolute atomic E-state index is 13.9. The van der Waals surface area contributed by atoms with Crippen LogP contribution in [0.2, 0.25) is 0 Å². The van der Waals surface area contributed by atoms with Gasteiger partial charge in [-0.25, -0.2) is 4.39 Å². The summed E-state index contributed by atoms with van der Waals surface area (Å²) in [6.07, 6.45) is 5.14. The molecule has 5 aliphatic rings. The van der Waals surface area contributed by atoms with E-state index in [1.807, 2.05) is 48.5 Å². The number of fused-ring (bicyclic) bond motifs is 1. The zero-order valence-corrected chi connectivity index (χ0v) is 23.1. The molecule has 4 nitrogen and oxygen atoms in total. The smallest absolute Gasteiger partial charge is 0.254 e. The van der Waals surface area contributed by atoms with E-state index in [2.05, 4.69) is 28.9 Å². The van der Waals surface area contributed by atoms with Crippen LogP contribution in [0.15, 0.2) is 72.8 Å². The average Bonchev–Trinajstić information content (AvgIpc) is 2.96. The van der Waals surface area contributed by atoms with Gasteiger partial charge in [-0.15, -0.1) is 0 Å². The van der Waals surface area contributed by atoms with Crippen LogP contribution in [0.4, 0.5) is 4.39 Å². The number of likely N-dealkylation sites (tertiary alicyclic amines) is 2. The molecule has 5 heteroatoms. The number of phenolic OH excluding ortho intramolecular Hbond substituents is 1. The minimum atomic E-state index is -0.180. The third kappa shape index (κ3) is 3.02. The highest BCUT2D eigenvalue weighted by molar-refractivity contribution is 5.94. The molecule has 2 aliphatic heterocycles. The van der Waals surface area contributed by atoms with E-state index < -0.39 is 0 Å². The number of aromatic hydroxyl groups is 1. The summed E-state index contributed by atoms with van der Waals surface area (Å²) in [4.78, 5) is 18.9. The molecule has 3 aliphatic carbocycles. The first-order chi connectivity index (χ1) is 19.5. The summed E-state index contributed by atoms with van der Waals surface area (Å²) in [6.45, 7) is 5.13. The Kier molecular flexibility index (Phi) is 5.33. The molecule has 0 radical (unpaired) electrons. The van der Waals surface area contributed by atoms with Crippen LogP contribution in [-0.2, 0) is 18.3 Å². The second-order valence-electron chi connectivity index (χ2n) is 13.1. The Labute approximate surface area is 235 Å². The van der Waals surface area contributed by atoms with E-state index in [1.165, 1.54) is 16.7 Å². The number of hydrogen-bond donors (Lipinski definition) is 1. The Bertz CT molecular complexity index is 1470. The lowest BCUT2D eigenvalue weighted by Gasteiger charge is -2.88. The van der Waals surface area contributed by atoms with Crippen LogP contribution in [0.3, 0.4) is 0 Å². The van der Waals surface area contributed by atoms with Gasteiger partial charge in [0.15, 0.2) is 0 Å². The average molecular weight is 537 g/mol. The van der Waals surface area contributed by atoms with Gasteiger partial charge in [0.05, 0.1) is 0 Å². The van der Waals surface area contributed by atoms with E-state index in [0.717, 1.165) is 57.3 Å². The number of carbonyl (C=O) groups is 1. The molecular formula is C35H37FN2O2. The lowest BCUT2D eigenvalue weighted by Crippen LogP contribution is -2.90. The van der Waals surface area contributed by atoms with Crippen LogP contribution >= 0.6 is 0 Å². The summed E-state index contributed by atoms with van der Waals surface area (Å²) in [6, 6.07) is 23.6. The van der Waals surface area contributed by atoms with Gasteiger partial charge in [0.1, 0.15) is 11.6 Å². The Balaban J connectivity index is 1.18. The van der Waals surface area contributed by atoms with Gasteiger partial charge in [-0.2, -0.15) is 0 Å². The van der Waals surface area contributed by atoms with Crippen LogP contribution in [0.25, 0.3) is 0 Å². The molecule has 1 spiro atoms. The van der Waals surface area contributed by atoms with Gasteiger partial charge >= 0.3 is 0 Å². The molecule has 3 aromatic rings. The molecule has 0 aromatic heterocycles. The molecule has 206 valence electrons. The van der Waals surface area contributed by atoms with E-state index >= 15 is 0 Å². The number of halogens is 1. The Morgan fingerprint density at radius 1 is 1.05 bits per heavy atom. The second kappa shape index (κ2) is 8.66. The van der Waals surface area contributed by atoms with Crippen LogP contribution < -0.4 is 0 Å². The highest BCUT2D eigenvalue weighted by Gasteiger charge is 2.85. The molecular weight excluding hydrogens is 499 g/mol.